The molecule has 102 valence electrons. The predicted molar refractivity (Wildman–Crippen MR) is 76.2 cm³/mol. The Labute approximate surface area is 115 Å². The van der Waals surface area contributed by atoms with Gasteiger partial charge in [-0.05, 0) is 37.4 Å². The molecule has 2 rings (SSSR count). The number of nitrogens with one attached hydrogen (secondary N) is 1. The van der Waals surface area contributed by atoms with E-state index in [1.807, 2.05) is 25.2 Å². The van der Waals surface area contributed by atoms with Gasteiger partial charge in [-0.2, -0.15) is 5.26 Å². The molecule has 2 unspecified atom stereocenters. The van der Waals surface area contributed by atoms with Crippen LogP contribution in [0.3, 0.4) is 0 Å². The first-order valence-electron chi connectivity index (χ1n) is 6.96. The first kappa shape index (κ1) is 13.9. The van der Waals surface area contributed by atoms with Gasteiger partial charge in [0.2, 0.25) is 0 Å². The second kappa shape index (κ2) is 5.63. The van der Waals surface area contributed by atoms with Gasteiger partial charge in [0.05, 0.1) is 6.07 Å². The van der Waals surface area contributed by atoms with Crippen LogP contribution in [-0.2, 0) is 0 Å². The lowest BCUT2D eigenvalue weighted by molar-refractivity contribution is 0.199. The van der Waals surface area contributed by atoms with Gasteiger partial charge in [0, 0.05) is 6.42 Å². The molecule has 0 radical (unpaired) electrons. The summed E-state index contributed by atoms with van der Waals surface area (Å²) in [6.07, 6.45) is 2.67. The van der Waals surface area contributed by atoms with E-state index in [1.165, 1.54) is 5.56 Å². The molecule has 0 heterocycles. The number of hydrogen-bond acceptors (Lipinski definition) is 3. The third-order valence-corrected chi connectivity index (χ3v) is 4.00. The Bertz CT molecular complexity index is 478. The van der Waals surface area contributed by atoms with Crippen LogP contribution in [0.2, 0.25) is 0 Å². The molecule has 1 aromatic carbocycles. The van der Waals surface area contributed by atoms with Crippen LogP contribution in [0.25, 0.3) is 0 Å². The van der Waals surface area contributed by atoms with Crippen molar-refractivity contribution in [2.45, 2.75) is 50.7 Å². The average molecular weight is 258 g/mol. The van der Waals surface area contributed by atoms with Crippen molar-refractivity contribution in [1.29, 1.82) is 5.26 Å². The summed E-state index contributed by atoms with van der Waals surface area (Å²) in [6.45, 7) is 4.34. The summed E-state index contributed by atoms with van der Waals surface area (Å²) in [7, 11) is 1.85. The third-order valence-electron chi connectivity index (χ3n) is 4.00. The highest BCUT2D eigenvalue weighted by atomic mass is 16.5. The first-order valence-corrected chi connectivity index (χ1v) is 6.96. The van der Waals surface area contributed by atoms with Crippen molar-refractivity contribution in [2.24, 2.45) is 0 Å². The Balaban J connectivity index is 2.10. The lowest BCUT2D eigenvalue weighted by Crippen LogP contribution is -2.39. The van der Waals surface area contributed by atoms with Crippen molar-refractivity contribution in [3.8, 4) is 11.8 Å². The van der Waals surface area contributed by atoms with Crippen LogP contribution in [0, 0.1) is 11.3 Å². The van der Waals surface area contributed by atoms with Gasteiger partial charge < -0.3 is 10.1 Å². The summed E-state index contributed by atoms with van der Waals surface area (Å²) in [4.78, 5) is 0. The second-order valence-corrected chi connectivity index (χ2v) is 5.62. The van der Waals surface area contributed by atoms with Gasteiger partial charge in [0.25, 0.3) is 0 Å². The molecule has 1 aliphatic carbocycles. The Kier molecular flexibility index (Phi) is 4.11. The highest BCUT2D eigenvalue weighted by Crippen LogP contribution is 2.34. The summed E-state index contributed by atoms with van der Waals surface area (Å²) < 4.78 is 6.14. The molecule has 1 fully saturated rings. The fourth-order valence-corrected chi connectivity index (χ4v) is 2.73. The maximum Gasteiger partial charge on any atom is 0.123 e. The summed E-state index contributed by atoms with van der Waals surface area (Å²) in [5.41, 5.74) is 0.832. The third kappa shape index (κ3) is 2.90. The van der Waals surface area contributed by atoms with E-state index in [4.69, 9.17) is 4.74 Å². The topological polar surface area (TPSA) is 45.0 Å². The van der Waals surface area contributed by atoms with Gasteiger partial charge in [-0.15, -0.1) is 0 Å². The Morgan fingerprint density at radius 2 is 2.16 bits per heavy atom. The zero-order chi connectivity index (χ0) is 13.9. The molecule has 0 amide bonds. The van der Waals surface area contributed by atoms with Crippen molar-refractivity contribution in [2.75, 3.05) is 7.05 Å². The Morgan fingerprint density at radius 1 is 1.42 bits per heavy atom. The minimum atomic E-state index is -0.405. The SMILES string of the molecule is CNC1(C#N)CCC(Oc2ccccc2C(C)C)C1. The molecule has 0 aromatic heterocycles. The lowest BCUT2D eigenvalue weighted by atomic mass is 10.0. The van der Waals surface area contributed by atoms with E-state index in [0.717, 1.165) is 25.0 Å². The molecule has 19 heavy (non-hydrogen) atoms. The molecule has 0 aliphatic heterocycles. The van der Waals surface area contributed by atoms with Crippen molar-refractivity contribution >= 4 is 0 Å². The van der Waals surface area contributed by atoms with E-state index in [0.29, 0.717) is 5.92 Å². The molecule has 0 bridgehead atoms. The van der Waals surface area contributed by atoms with Crippen molar-refractivity contribution in [1.82, 2.24) is 5.32 Å². The molecule has 3 nitrogen and oxygen atoms in total. The van der Waals surface area contributed by atoms with Crippen LogP contribution in [0.4, 0.5) is 0 Å². The lowest BCUT2D eigenvalue weighted by Gasteiger charge is -2.21. The average Bonchev–Trinajstić information content (AvgIpc) is 2.83. The van der Waals surface area contributed by atoms with Gasteiger partial charge in [0.15, 0.2) is 0 Å². The zero-order valence-corrected chi connectivity index (χ0v) is 11.9. The number of nitrogens with zero attached hydrogens (tertiary/aromatic N) is 1. The van der Waals surface area contributed by atoms with E-state index in [9.17, 15) is 5.26 Å². The van der Waals surface area contributed by atoms with E-state index in [1.54, 1.807) is 0 Å². The maximum absolute atomic E-state index is 9.28. The van der Waals surface area contributed by atoms with Crippen molar-refractivity contribution < 1.29 is 4.74 Å². The minimum absolute atomic E-state index is 0.131. The standard InChI is InChI=1S/C16H22N2O/c1-12(2)14-6-4-5-7-15(14)19-13-8-9-16(10-13,11-17)18-3/h4-7,12-13,18H,8-10H2,1-3H3. The summed E-state index contributed by atoms with van der Waals surface area (Å²) in [6, 6.07) is 10.6. The monoisotopic (exact) mass is 258 g/mol. The highest BCUT2D eigenvalue weighted by molar-refractivity contribution is 5.36. The largest absolute Gasteiger partial charge is 0.490 e. The molecular weight excluding hydrogens is 236 g/mol. The number of ether oxygens (including phenoxy) is 1. The summed E-state index contributed by atoms with van der Waals surface area (Å²) in [5, 5.41) is 12.4. The predicted octanol–water partition coefficient (Wildman–Crippen LogP) is 3.22. The number of nitriles is 1. The normalized spacial score (nSPS) is 26.4. The zero-order valence-electron chi connectivity index (χ0n) is 11.9. The maximum atomic E-state index is 9.28. The number of hydrogen-bond donors (Lipinski definition) is 1. The molecule has 1 aromatic rings. The fraction of sp³-hybridized carbons (Fsp3) is 0.562. The quantitative estimate of drug-likeness (QED) is 0.902. The molecule has 1 saturated carbocycles. The van der Waals surface area contributed by atoms with Crippen molar-refractivity contribution in [3.63, 3.8) is 0 Å². The van der Waals surface area contributed by atoms with Crippen LogP contribution in [-0.4, -0.2) is 18.7 Å². The molecule has 1 aliphatic rings. The molecule has 0 spiro atoms. The first-order chi connectivity index (χ1) is 9.10. The smallest absolute Gasteiger partial charge is 0.123 e. The van der Waals surface area contributed by atoms with Gasteiger partial charge >= 0.3 is 0 Å². The molecule has 1 N–H and O–H groups in total. The second-order valence-electron chi connectivity index (χ2n) is 5.62. The van der Waals surface area contributed by atoms with Crippen LogP contribution in [0.5, 0.6) is 5.75 Å². The highest BCUT2D eigenvalue weighted by Gasteiger charge is 2.39. The fourth-order valence-electron chi connectivity index (χ4n) is 2.73. The van der Waals surface area contributed by atoms with Gasteiger partial charge in [0.1, 0.15) is 17.4 Å². The van der Waals surface area contributed by atoms with E-state index >= 15 is 0 Å². The van der Waals surface area contributed by atoms with E-state index in [2.05, 4.69) is 31.3 Å². The molecule has 0 saturated heterocycles. The molecule has 3 heteroatoms. The number of para-hydroxylation sites is 1. The van der Waals surface area contributed by atoms with Crippen molar-refractivity contribution in [3.05, 3.63) is 29.8 Å². The summed E-state index contributed by atoms with van der Waals surface area (Å²) >= 11 is 0. The summed E-state index contributed by atoms with van der Waals surface area (Å²) in [5.74, 6) is 1.41. The molecule has 2 atom stereocenters. The van der Waals surface area contributed by atoms with Crippen LogP contribution < -0.4 is 10.1 Å². The van der Waals surface area contributed by atoms with Gasteiger partial charge in [-0.25, -0.2) is 0 Å². The van der Waals surface area contributed by atoms with Gasteiger partial charge in [-0.1, -0.05) is 32.0 Å². The van der Waals surface area contributed by atoms with Gasteiger partial charge in [-0.3, -0.25) is 0 Å². The number of benzene rings is 1. The van der Waals surface area contributed by atoms with E-state index < -0.39 is 5.54 Å². The number of rotatable bonds is 4. The van der Waals surface area contributed by atoms with Crippen LogP contribution in [0.1, 0.15) is 44.6 Å². The molecular formula is C16H22N2O. The van der Waals surface area contributed by atoms with Crippen LogP contribution >= 0.6 is 0 Å². The van der Waals surface area contributed by atoms with Crippen LogP contribution in [0.15, 0.2) is 24.3 Å². The van der Waals surface area contributed by atoms with E-state index in [-0.39, 0.29) is 6.10 Å². The Hall–Kier alpha value is -1.53. The Morgan fingerprint density at radius 3 is 2.74 bits per heavy atom. The minimum Gasteiger partial charge on any atom is -0.490 e.